The number of fused-ring (bicyclic) bond motifs is 1. The summed E-state index contributed by atoms with van der Waals surface area (Å²) in [5, 5.41) is 0. The van der Waals surface area contributed by atoms with Crippen molar-refractivity contribution in [2.45, 2.75) is 6.42 Å². The normalized spacial score (nSPS) is 15.1. The molecule has 0 aliphatic carbocycles. The molecule has 18 heavy (non-hydrogen) atoms. The minimum absolute atomic E-state index is 0.00935. The van der Waals surface area contributed by atoms with Crippen molar-refractivity contribution in [1.82, 2.24) is 0 Å². The third kappa shape index (κ3) is 1.72. The maximum absolute atomic E-state index is 12.1. The molecule has 0 N–H and O–H groups in total. The highest BCUT2D eigenvalue weighted by Gasteiger charge is 2.22. The molecule has 0 fully saturated rings. The van der Waals surface area contributed by atoms with Crippen molar-refractivity contribution < 1.29 is 9.21 Å². The number of amides is 1. The van der Waals surface area contributed by atoms with Gasteiger partial charge in [-0.2, -0.15) is 0 Å². The first-order valence-electron chi connectivity index (χ1n) is 5.73. The Morgan fingerprint density at radius 3 is 2.83 bits per heavy atom. The molecule has 4 heteroatoms. The topological polar surface area (TPSA) is 45.8 Å². The minimum Gasteiger partial charge on any atom is -0.463 e. The van der Waals surface area contributed by atoms with Gasteiger partial charge in [-0.15, -0.1) is 0 Å². The monoisotopic (exact) mass is 240 g/mol. The number of carbonyl (C=O) groups excluding carboxylic acids is 1. The molecule has 1 aliphatic rings. The summed E-state index contributed by atoms with van der Waals surface area (Å²) in [5.41, 5.74) is 2.28. The Morgan fingerprint density at radius 2 is 2.06 bits per heavy atom. The van der Waals surface area contributed by atoms with E-state index in [1.807, 2.05) is 30.3 Å². The summed E-state index contributed by atoms with van der Waals surface area (Å²) in [4.78, 5) is 18.3. The van der Waals surface area contributed by atoms with Crippen LogP contribution in [-0.4, -0.2) is 18.7 Å². The molecule has 0 radical (unpaired) electrons. The maximum atomic E-state index is 12.1. The fraction of sp³-hybridized carbons (Fsp3) is 0.143. The van der Waals surface area contributed by atoms with Crippen molar-refractivity contribution in [1.29, 1.82) is 0 Å². The van der Waals surface area contributed by atoms with Crippen LogP contribution >= 0.6 is 0 Å². The summed E-state index contributed by atoms with van der Waals surface area (Å²) < 4.78 is 5.33. The highest BCUT2D eigenvalue weighted by atomic mass is 16.3. The van der Waals surface area contributed by atoms with Crippen molar-refractivity contribution in [3.63, 3.8) is 0 Å². The molecule has 0 saturated heterocycles. The van der Waals surface area contributed by atoms with Crippen molar-refractivity contribution in [2.75, 3.05) is 11.9 Å². The third-order valence-electron chi connectivity index (χ3n) is 3.00. The number of hydrogen-bond acceptors (Lipinski definition) is 3. The Labute approximate surface area is 105 Å². The molecular weight excluding hydrogens is 228 g/mol. The van der Waals surface area contributed by atoms with Crippen molar-refractivity contribution in [3.05, 3.63) is 48.4 Å². The quantitative estimate of drug-likeness (QED) is 0.769. The summed E-state index contributed by atoms with van der Waals surface area (Å²) >= 11 is 0. The van der Waals surface area contributed by atoms with Crippen molar-refractivity contribution in [2.24, 2.45) is 4.99 Å². The Kier molecular flexibility index (Phi) is 2.48. The zero-order valence-corrected chi connectivity index (χ0v) is 9.96. The van der Waals surface area contributed by atoms with Crippen molar-refractivity contribution >= 4 is 23.0 Å². The van der Waals surface area contributed by atoms with Gasteiger partial charge in [-0.3, -0.25) is 4.79 Å². The van der Waals surface area contributed by atoms with E-state index in [9.17, 15) is 4.79 Å². The van der Waals surface area contributed by atoms with Gasteiger partial charge < -0.3 is 9.32 Å². The number of hydrogen-bond donors (Lipinski definition) is 0. The van der Waals surface area contributed by atoms with Crippen LogP contribution in [0, 0.1) is 0 Å². The second-order valence-corrected chi connectivity index (χ2v) is 4.15. The molecule has 4 nitrogen and oxygen atoms in total. The van der Waals surface area contributed by atoms with Crippen LogP contribution in [0.1, 0.15) is 12.2 Å². The first kappa shape index (κ1) is 10.8. The highest BCUT2D eigenvalue weighted by Crippen LogP contribution is 2.31. The number of anilines is 1. The number of furan rings is 1. The third-order valence-corrected chi connectivity index (χ3v) is 3.00. The molecule has 0 bridgehead atoms. The van der Waals surface area contributed by atoms with E-state index in [1.165, 1.54) is 0 Å². The average molecular weight is 240 g/mol. The lowest BCUT2D eigenvalue weighted by Gasteiger charge is -2.15. The van der Waals surface area contributed by atoms with Crippen LogP contribution < -0.4 is 4.90 Å². The van der Waals surface area contributed by atoms with Gasteiger partial charge in [-0.05, 0) is 24.3 Å². The molecule has 1 aromatic carbocycles. The zero-order valence-electron chi connectivity index (χ0n) is 9.96. The number of nitrogens with zero attached hydrogens (tertiary/aromatic N) is 2. The van der Waals surface area contributed by atoms with Crippen LogP contribution in [-0.2, 0) is 4.79 Å². The Hall–Kier alpha value is -2.36. The maximum Gasteiger partial charge on any atom is 0.232 e. The van der Waals surface area contributed by atoms with E-state index in [0.29, 0.717) is 11.5 Å². The van der Waals surface area contributed by atoms with E-state index in [4.69, 9.17) is 4.42 Å². The van der Waals surface area contributed by atoms with E-state index in [2.05, 4.69) is 4.99 Å². The molecule has 0 spiro atoms. The molecule has 0 saturated carbocycles. The zero-order chi connectivity index (χ0) is 12.5. The van der Waals surface area contributed by atoms with Crippen LogP contribution in [0.15, 0.2) is 52.1 Å². The summed E-state index contributed by atoms with van der Waals surface area (Å²) in [6, 6.07) is 11.2. The van der Waals surface area contributed by atoms with E-state index >= 15 is 0 Å². The molecule has 0 unspecified atom stereocenters. The predicted molar refractivity (Wildman–Crippen MR) is 69.4 cm³/mol. The van der Waals surface area contributed by atoms with Gasteiger partial charge >= 0.3 is 0 Å². The molecule has 2 heterocycles. The van der Waals surface area contributed by atoms with Gasteiger partial charge in [-0.25, -0.2) is 4.99 Å². The first-order valence-corrected chi connectivity index (χ1v) is 5.73. The standard InChI is InChI=1S/C14H12N2O2/c1-16-12-6-3-2-5-10(12)15-11(9-14(16)17)13-7-4-8-18-13/h2-8H,9H2,1H3. The largest absolute Gasteiger partial charge is 0.463 e. The Morgan fingerprint density at radius 1 is 1.22 bits per heavy atom. The van der Waals surface area contributed by atoms with E-state index in [1.54, 1.807) is 24.3 Å². The number of rotatable bonds is 1. The van der Waals surface area contributed by atoms with Crippen LogP contribution in [0.5, 0.6) is 0 Å². The smallest absolute Gasteiger partial charge is 0.232 e. The van der Waals surface area contributed by atoms with Gasteiger partial charge in [0.15, 0.2) is 0 Å². The second kappa shape index (κ2) is 4.14. The molecule has 0 atom stereocenters. The lowest BCUT2D eigenvalue weighted by molar-refractivity contribution is -0.117. The van der Waals surface area contributed by atoms with E-state index in [0.717, 1.165) is 11.4 Å². The van der Waals surface area contributed by atoms with Gasteiger partial charge in [0.05, 0.1) is 29.8 Å². The molecule has 1 aliphatic heterocycles. The number of aliphatic imine (C=N–C) groups is 1. The van der Waals surface area contributed by atoms with E-state index < -0.39 is 0 Å². The lowest BCUT2D eigenvalue weighted by Crippen LogP contribution is -2.26. The number of benzene rings is 1. The Bertz CT molecular complexity index is 614. The fourth-order valence-electron chi connectivity index (χ4n) is 2.01. The predicted octanol–water partition coefficient (Wildman–Crippen LogP) is 2.77. The van der Waals surface area contributed by atoms with Crippen molar-refractivity contribution in [3.8, 4) is 0 Å². The number of carbonyl (C=O) groups is 1. The van der Waals surface area contributed by atoms with Gasteiger partial charge in [-0.1, -0.05) is 12.1 Å². The first-order chi connectivity index (χ1) is 8.75. The molecule has 2 aromatic rings. The molecule has 1 amide bonds. The van der Waals surface area contributed by atoms with Crippen LogP contribution in [0.2, 0.25) is 0 Å². The van der Waals surface area contributed by atoms with Crippen LogP contribution in [0.4, 0.5) is 11.4 Å². The molecule has 3 rings (SSSR count). The van der Waals surface area contributed by atoms with Crippen LogP contribution in [0.25, 0.3) is 0 Å². The summed E-state index contributed by atoms with van der Waals surface area (Å²) in [7, 11) is 1.77. The summed E-state index contributed by atoms with van der Waals surface area (Å²) in [6.45, 7) is 0. The second-order valence-electron chi connectivity index (χ2n) is 4.15. The average Bonchev–Trinajstić information content (AvgIpc) is 2.87. The molecule has 1 aromatic heterocycles. The molecule has 90 valence electrons. The number of para-hydroxylation sites is 2. The van der Waals surface area contributed by atoms with Gasteiger partial charge in [0.1, 0.15) is 5.76 Å². The summed E-state index contributed by atoms with van der Waals surface area (Å²) in [6.07, 6.45) is 1.83. The van der Waals surface area contributed by atoms with Gasteiger partial charge in [0.2, 0.25) is 5.91 Å². The fourth-order valence-corrected chi connectivity index (χ4v) is 2.01. The molecular formula is C14H12N2O2. The van der Waals surface area contributed by atoms with E-state index in [-0.39, 0.29) is 12.3 Å². The minimum atomic E-state index is 0.00935. The summed E-state index contributed by atoms with van der Waals surface area (Å²) in [5.74, 6) is 0.656. The highest BCUT2D eigenvalue weighted by molar-refractivity contribution is 6.16. The van der Waals surface area contributed by atoms with Crippen LogP contribution in [0.3, 0.4) is 0 Å². The van der Waals surface area contributed by atoms with Gasteiger partial charge in [0, 0.05) is 7.05 Å². The van der Waals surface area contributed by atoms with Gasteiger partial charge in [0.25, 0.3) is 0 Å². The Balaban J connectivity index is 2.15. The lowest BCUT2D eigenvalue weighted by atomic mass is 10.2. The SMILES string of the molecule is CN1C(=O)CC(c2ccco2)=Nc2ccccc21.